The molecule has 0 saturated heterocycles. The normalized spacial score (nSPS) is 11.0. The van der Waals surface area contributed by atoms with Crippen molar-refractivity contribution in [2.24, 2.45) is 5.92 Å². The molecule has 1 aromatic carbocycles. The van der Waals surface area contributed by atoms with Gasteiger partial charge < -0.3 is 10.2 Å². The van der Waals surface area contributed by atoms with E-state index in [-0.39, 0.29) is 5.91 Å². The van der Waals surface area contributed by atoms with Crippen LogP contribution in [0.15, 0.2) is 30.3 Å². The Balaban J connectivity index is 1.85. The van der Waals surface area contributed by atoms with Crippen LogP contribution in [0.2, 0.25) is 5.15 Å². The van der Waals surface area contributed by atoms with Crippen LogP contribution in [0.4, 0.5) is 5.69 Å². The van der Waals surface area contributed by atoms with Crippen molar-refractivity contribution in [3.8, 4) is 0 Å². The van der Waals surface area contributed by atoms with Crippen molar-refractivity contribution in [3.05, 3.63) is 46.7 Å². The molecule has 1 aromatic heterocycles. The third-order valence-corrected chi connectivity index (χ3v) is 4.37. The summed E-state index contributed by atoms with van der Waals surface area (Å²) >= 11 is 6.34. The first-order valence-electron chi connectivity index (χ1n) is 8.67. The maximum absolute atomic E-state index is 12.4. The van der Waals surface area contributed by atoms with Crippen molar-refractivity contribution < 1.29 is 4.79 Å². The van der Waals surface area contributed by atoms with E-state index in [9.17, 15) is 4.79 Å². The highest BCUT2D eigenvalue weighted by molar-refractivity contribution is 6.33. The molecule has 0 aliphatic heterocycles. The average Bonchev–Trinajstić information content (AvgIpc) is 2.85. The maximum atomic E-state index is 12.4. The summed E-state index contributed by atoms with van der Waals surface area (Å²) in [6.45, 7) is 8.17. The second kappa shape index (κ2) is 8.90. The van der Waals surface area contributed by atoms with Crippen LogP contribution in [0.5, 0.6) is 0 Å². The molecule has 0 atom stereocenters. The van der Waals surface area contributed by atoms with Gasteiger partial charge in [-0.2, -0.15) is 5.10 Å². The quantitative estimate of drug-likeness (QED) is 0.727. The largest absolute Gasteiger partial charge is 0.375 e. The molecule has 0 spiro atoms. The second-order valence-electron chi connectivity index (χ2n) is 6.69. The van der Waals surface area contributed by atoms with Crippen LogP contribution in [0.1, 0.15) is 36.3 Å². The molecule has 5 nitrogen and oxygen atoms in total. The number of nitrogens with zero attached hydrogens (tertiary/aromatic N) is 3. The van der Waals surface area contributed by atoms with Gasteiger partial charge in [-0.15, -0.1) is 0 Å². The van der Waals surface area contributed by atoms with Gasteiger partial charge in [-0.1, -0.05) is 43.6 Å². The highest BCUT2D eigenvalue weighted by Crippen LogP contribution is 2.20. The fourth-order valence-electron chi connectivity index (χ4n) is 2.70. The predicted octanol–water partition coefficient (Wildman–Crippen LogP) is 3.76. The van der Waals surface area contributed by atoms with Crippen LogP contribution >= 0.6 is 11.6 Å². The Morgan fingerprint density at radius 1 is 1.32 bits per heavy atom. The maximum Gasteiger partial charge on any atom is 0.256 e. The SMILES string of the molecule is Cc1nn(CC(C)C)c(Cl)c1C(=O)NCCCN(C)c1ccccc1. The Morgan fingerprint density at radius 3 is 2.64 bits per heavy atom. The van der Waals surface area contributed by atoms with Crippen LogP contribution in [-0.4, -0.2) is 35.8 Å². The Morgan fingerprint density at radius 2 is 2.00 bits per heavy atom. The number of carbonyl (C=O) groups excluding carboxylic acids is 1. The molecule has 1 N–H and O–H groups in total. The van der Waals surface area contributed by atoms with Crippen LogP contribution in [-0.2, 0) is 6.54 Å². The summed E-state index contributed by atoms with van der Waals surface area (Å²) in [5.41, 5.74) is 2.32. The number of amides is 1. The molecule has 0 bridgehead atoms. The zero-order valence-corrected chi connectivity index (χ0v) is 16.2. The number of hydrogen-bond acceptors (Lipinski definition) is 3. The van der Waals surface area contributed by atoms with Gasteiger partial charge in [-0.05, 0) is 31.4 Å². The molecule has 0 unspecified atom stereocenters. The highest BCUT2D eigenvalue weighted by atomic mass is 35.5. The second-order valence-corrected chi connectivity index (χ2v) is 7.05. The Hall–Kier alpha value is -2.01. The van der Waals surface area contributed by atoms with Crippen LogP contribution < -0.4 is 10.2 Å². The summed E-state index contributed by atoms with van der Waals surface area (Å²) in [4.78, 5) is 14.6. The van der Waals surface area contributed by atoms with E-state index in [4.69, 9.17) is 11.6 Å². The van der Waals surface area contributed by atoms with Crippen molar-refractivity contribution >= 4 is 23.2 Å². The first kappa shape index (κ1) is 19.3. The van der Waals surface area contributed by atoms with Crippen LogP contribution in [0.3, 0.4) is 0 Å². The van der Waals surface area contributed by atoms with E-state index in [1.807, 2.05) is 32.2 Å². The fraction of sp³-hybridized carbons (Fsp3) is 0.474. The van der Waals surface area contributed by atoms with Gasteiger partial charge in [0.2, 0.25) is 0 Å². The topological polar surface area (TPSA) is 50.2 Å². The minimum Gasteiger partial charge on any atom is -0.375 e. The molecule has 1 heterocycles. The molecule has 0 radical (unpaired) electrons. The van der Waals surface area contributed by atoms with E-state index in [0.717, 1.165) is 13.0 Å². The monoisotopic (exact) mass is 362 g/mol. The van der Waals surface area contributed by atoms with Crippen molar-refractivity contribution in [2.75, 3.05) is 25.0 Å². The van der Waals surface area contributed by atoms with E-state index < -0.39 is 0 Å². The first-order chi connectivity index (χ1) is 11.9. The third-order valence-electron chi connectivity index (χ3n) is 3.98. The minimum absolute atomic E-state index is 0.153. The van der Waals surface area contributed by atoms with E-state index in [1.165, 1.54) is 5.69 Å². The zero-order chi connectivity index (χ0) is 18.4. The number of rotatable bonds is 8. The number of aryl methyl sites for hydroxylation is 1. The lowest BCUT2D eigenvalue weighted by molar-refractivity contribution is 0.0953. The number of anilines is 1. The Kier molecular flexibility index (Phi) is 6.88. The summed E-state index contributed by atoms with van der Waals surface area (Å²) in [5, 5.41) is 7.76. The molecular weight excluding hydrogens is 336 g/mol. The number of halogens is 1. The molecule has 2 rings (SSSR count). The van der Waals surface area contributed by atoms with Gasteiger partial charge in [-0.3, -0.25) is 9.48 Å². The van der Waals surface area contributed by atoms with Gasteiger partial charge >= 0.3 is 0 Å². The fourth-order valence-corrected chi connectivity index (χ4v) is 3.03. The number of para-hydroxylation sites is 1. The van der Waals surface area contributed by atoms with Gasteiger partial charge in [-0.25, -0.2) is 0 Å². The number of carbonyl (C=O) groups is 1. The molecule has 0 fully saturated rings. The van der Waals surface area contributed by atoms with Crippen molar-refractivity contribution in [3.63, 3.8) is 0 Å². The number of nitrogens with one attached hydrogen (secondary N) is 1. The number of benzene rings is 1. The number of hydrogen-bond donors (Lipinski definition) is 1. The molecule has 25 heavy (non-hydrogen) atoms. The van der Waals surface area contributed by atoms with Gasteiger partial charge in [0.05, 0.1) is 11.3 Å². The summed E-state index contributed by atoms with van der Waals surface area (Å²) in [7, 11) is 2.05. The predicted molar refractivity (Wildman–Crippen MR) is 103 cm³/mol. The van der Waals surface area contributed by atoms with Gasteiger partial charge in [0.25, 0.3) is 5.91 Å². The van der Waals surface area contributed by atoms with Crippen molar-refractivity contribution in [1.82, 2.24) is 15.1 Å². The highest BCUT2D eigenvalue weighted by Gasteiger charge is 2.20. The summed E-state index contributed by atoms with van der Waals surface area (Å²) in [6, 6.07) is 10.2. The van der Waals surface area contributed by atoms with Crippen LogP contribution in [0, 0.1) is 12.8 Å². The molecular formula is C19H27ClN4O. The van der Waals surface area contributed by atoms with Crippen molar-refractivity contribution in [2.45, 2.75) is 33.7 Å². The molecule has 0 saturated carbocycles. The first-order valence-corrected chi connectivity index (χ1v) is 9.05. The molecule has 0 aliphatic rings. The minimum atomic E-state index is -0.153. The zero-order valence-electron chi connectivity index (χ0n) is 15.4. The van der Waals surface area contributed by atoms with E-state index in [1.54, 1.807) is 4.68 Å². The number of aromatic nitrogens is 2. The third kappa shape index (κ3) is 5.23. The van der Waals surface area contributed by atoms with Gasteiger partial charge in [0.15, 0.2) is 0 Å². The molecule has 1 amide bonds. The summed E-state index contributed by atoms with van der Waals surface area (Å²) in [5.74, 6) is 0.265. The smallest absolute Gasteiger partial charge is 0.256 e. The molecule has 136 valence electrons. The van der Waals surface area contributed by atoms with E-state index in [2.05, 4.69) is 41.3 Å². The summed E-state index contributed by atoms with van der Waals surface area (Å²) in [6.07, 6.45) is 0.855. The average molecular weight is 363 g/mol. The van der Waals surface area contributed by atoms with Crippen LogP contribution in [0.25, 0.3) is 0 Å². The lowest BCUT2D eigenvalue weighted by atomic mass is 10.2. The standard InChI is InChI=1S/C19H27ClN4O/c1-14(2)13-24-18(20)17(15(3)22-24)19(25)21-11-8-12-23(4)16-9-6-5-7-10-16/h5-7,9-10,14H,8,11-13H2,1-4H3,(H,21,25). The molecule has 2 aromatic rings. The lowest BCUT2D eigenvalue weighted by Crippen LogP contribution is -2.28. The van der Waals surface area contributed by atoms with E-state index >= 15 is 0 Å². The Bertz CT molecular complexity index is 697. The van der Waals surface area contributed by atoms with Crippen molar-refractivity contribution in [1.29, 1.82) is 0 Å². The van der Waals surface area contributed by atoms with Gasteiger partial charge in [0.1, 0.15) is 5.15 Å². The lowest BCUT2D eigenvalue weighted by Gasteiger charge is -2.19. The van der Waals surface area contributed by atoms with Gasteiger partial charge in [0, 0.05) is 32.4 Å². The summed E-state index contributed by atoms with van der Waals surface area (Å²) < 4.78 is 1.71. The molecule has 0 aliphatic carbocycles. The van der Waals surface area contributed by atoms with E-state index in [0.29, 0.717) is 35.4 Å². The Labute approximate surface area is 155 Å². The molecule has 6 heteroatoms.